The maximum atomic E-state index is 13.4. The first-order chi connectivity index (χ1) is 18.0. The van der Waals surface area contributed by atoms with Gasteiger partial charge in [0.2, 0.25) is 0 Å². The minimum atomic E-state index is -0.751. The van der Waals surface area contributed by atoms with E-state index in [0.29, 0.717) is 42.9 Å². The number of rotatable bonds is 8. The average molecular weight is 496 g/mol. The summed E-state index contributed by atoms with van der Waals surface area (Å²) in [6.45, 7) is 6.32. The molecule has 1 fully saturated rings. The standard InChI is InChI=1S/C31H29NO5/c1-3-16-36-25-11-7-10-22(19-25)28-27(29(33)23-12-13-26-24(18-23)17-20(2)37-26)30(34)31(35)32(28)15-14-21-8-5-4-6-9-21/h3-13,18-20,28,33H,1,14-17H2,2H3/t20-,28+/m0/s1. The van der Waals surface area contributed by atoms with Crippen LogP contribution in [0.5, 0.6) is 11.5 Å². The number of carbonyl (C=O) groups is 2. The Hall–Kier alpha value is -4.32. The van der Waals surface area contributed by atoms with Crippen molar-refractivity contribution in [3.63, 3.8) is 0 Å². The van der Waals surface area contributed by atoms with Crippen LogP contribution in [0.1, 0.15) is 35.2 Å². The summed E-state index contributed by atoms with van der Waals surface area (Å²) in [6.07, 6.45) is 2.99. The zero-order valence-corrected chi connectivity index (χ0v) is 20.7. The van der Waals surface area contributed by atoms with E-state index in [4.69, 9.17) is 9.47 Å². The number of Topliss-reactive ketones (excluding diaryl/α,β-unsaturated/α-hetero) is 1. The largest absolute Gasteiger partial charge is 0.507 e. The Bertz CT molecular complexity index is 1380. The number of hydrogen-bond acceptors (Lipinski definition) is 5. The molecule has 0 saturated carbocycles. The third-order valence-corrected chi connectivity index (χ3v) is 6.74. The second-order valence-corrected chi connectivity index (χ2v) is 9.36. The van der Waals surface area contributed by atoms with Crippen molar-refractivity contribution >= 4 is 17.4 Å². The van der Waals surface area contributed by atoms with E-state index in [0.717, 1.165) is 16.9 Å². The number of ketones is 1. The number of likely N-dealkylation sites (tertiary alicyclic amines) is 1. The number of amides is 1. The molecule has 1 N–H and O–H groups in total. The average Bonchev–Trinajstić information content (AvgIpc) is 3.41. The number of benzene rings is 3. The van der Waals surface area contributed by atoms with Gasteiger partial charge in [-0.05, 0) is 60.4 Å². The highest BCUT2D eigenvalue weighted by molar-refractivity contribution is 6.46. The molecule has 3 aromatic rings. The minimum absolute atomic E-state index is 0.0502. The van der Waals surface area contributed by atoms with Crippen LogP contribution in [0.4, 0.5) is 0 Å². The smallest absolute Gasteiger partial charge is 0.295 e. The van der Waals surface area contributed by atoms with E-state index in [1.165, 1.54) is 0 Å². The molecule has 2 heterocycles. The Balaban J connectivity index is 1.57. The van der Waals surface area contributed by atoms with Gasteiger partial charge in [0.15, 0.2) is 0 Å². The third-order valence-electron chi connectivity index (χ3n) is 6.74. The molecule has 0 bridgehead atoms. The SMILES string of the molecule is C=CCOc1cccc([C@@H]2C(=C(O)c3ccc4c(c3)C[C@H](C)O4)C(=O)C(=O)N2CCc2ccccc2)c1. The fourth-order valence-electron chi connectivity index (χ4n) is 5.01. The Morgan fingerprint density at radius 2 is 1.92 bits per heavy atom. The Morgan fingerprint density at radius 3 is 2.70 bits per heavy atom. The zero-order valence-electron chi connectivity index (χ0n) is 20.7. The molecular weight excluding hydrogens is 466 g/mol. The lowest BCUT2D eigenvalue weighted by molar-refractivity contribution is -0.139. The van der Waals surface area contributed by atoms with Crippen molar-refractivity contribution in [2.75, 3.05) is 13.2 Å². The molecule has 1 saturated heterocycles. The van der Waals surface area contributed by atoms with E-state index in [1.54, 1.807) is 29.2 Å². The van der Waals surface area contributed by atoms with Crippen LogP contribution >= 0.6 is 0 Å². The van der Waals surface area contributed by atoms with Gasteiger partial charge in [0.25, 0.3) is 11.7 Å². The van der Waals surface area contributed by atoms with Crippen molar-refractivity contribution in [3.8, 4) is 11.5 Å². The number of aliphatic hydroxyl groups excluding tert-OH is 1. The van der Waals surface area contributed by atoms with Gasteiger partial charge in [0.05, 0.1) is 11.6 Å². The maximum Gasteiger partial charge on any atom is 0.295 e. The number of ether oxygens (including phenoxy) is 2. The Labute approximate surface area is 216 Å². The van der Waals surface area contributed by atoms with Crippen molar-refractivity contribution < 1.29 is 24.2 Å². The van der Waals surface area contributed by atoms with Gasteiger partial charge in [-0.15, -0.1) is 0 Å². The quantitative estimate of drug-likeness (QED) is 0.200. The highest BCUT2D eigenvalue weighted by Gasteiger charge is 2.46. The molecule has 0 spiro atoms. The fraction of sp³-hybridized carbons (Fsp3) is 0.226. The first-order valence-electron chi connectivity index (χ1n) is 12.4. The van der Waals surface area contributed by atoms with Crippen LogP contribution in [0.2, 0.25) is 0 Å². The lowest BCUT2D eigenvalue weighted by atomic mass is 9.94. The van der Waals surface area contributed by atoms with E-state index < -0.39 is 17.7 Å². The van der Waals surface area contributed by atoms with Gasteiger partial charge in [-0.25, -0.2) is 0 Å². The summed E-state index contributed by atoms with van der Waals surface area (Å²) in [5.41, 5.74) is 3.27. The van der Waals surface area contributed by atoms with Crippen LogP contribution in [0.25, 0.3) is 5.76 Å². The Kier molecular flexibility index (Phi) is 6.82. The minimum Gasteiger partial charge on any atom is -0.507 e. The van der Waals surface area contributed by atoms with E-state index in [2.05, 4.69) is 6.58 Å². The van der Waals surface area contributed by atoms with Crippen molar-refractivity contribution in [2.24, 2.45) is 0 Å². The number of hydrogen-bond donors (Lipinski definition) is 1. The van der Waals surface area contributed by atoms with Gasteiger partial charge in [-0.1, -0.05) is 55.1 Å². The van der Waals surface area contributed by atoms with Crippen LogP contribution in [0.15, 0.2) is 91.0 Å². The summed E-state index contributed by atoms with van der Waals surface area (Å²) in [5.74, 6) is -0.146. The predicted molar refractivity (Wildman–Crippen MR) is 142 cm³/mol. The summed E-state index contributed by atoms with van der Waals surface area (Å²) < 4.78 is 11.5. The van der Waals surface area contributed by atoms with E-state index in [-0.39, 0.29) is 17.4 Å². The molecule has 6 heteroatoms. The predicted octanol–water partition coefficient (Wildman–Crippen LogP) is 5.24. The molecule has 188 valence electrons. The van der Waals surface area contributed by atoms with Gasteiger partial charge in [-0.2, -0.15) is 0 Å². The van der Waals surface area contributed by atoms with Crippen molar-refractivity contribution in [1.29, 1.82) is 0 Å². The molecular formula is C31H29NO5. The first kappa shape index (κ1) is 24.4. The van der Waals surface area contributed by atoms with Gasteiger partial charge < -0.3 is 19.5 Å². The van der Waals surface area contributed by atoms with Crippen LogP contribution in [0, 0.1) is 0 Å². The van der Waals surface area contributed by atoms with E-state index in [9.17, 15) is 14.7 Å². The first-order valence-corrected chi connectivity index (χ1v) is 12.4. The molecule has 2 aliphatic heterocycles. The normalized spacial score (nSPS) is 20.0. The second-order valence-electron chi connectivity index (χ2n) is 9.36. The highest BCUT2D eigenvalue weighted by Crippen LogP contribution is 2.41. The van der Waals surface area contributed by atoms with Crippen LogP contribution < -0.4 is 9.47 Å². The van der Waals surface area contributed by atoms with E-state index in [1.807, 2.05) is 61.5 Å². The van der Waals surface area contributed by atoms with Gasteiger partial charge in [0.1, 0.15) is 30.0 Å². The molecule has 0 unspecified atom stereocenters. The van der Waals surface area contributed by atoms with Gasteiger partial charge in [-0.3, -0.25) is 9.59 Å². The molecule has 3 aromatic carbocycles. The highest BCUT2D eigenvalue weighted by atomic mass is 16.5. The van der Waals surface area contributed by atoms with Gasteiger partial charge in [0, 0.05) is 18.5 Å². The monoisotopic (exact) mass is 495 g/mol. The molecule has 2 atom stereocenters. The van der Waals surface area contributed by atoms with Crippen LogP contribution in [-0.4, -0.2) is 41.0 Å². The van der Waals surface area contributed by atoms with Crippen LogP contribution in [-0.2, 0) is 22.4 Å². The second kappa shape index (κ2) is 10.3. The summed E-state index contributed by atoms with van der Waals surface area (Å²) >= 11 is 0. The summed E-state index contributed by atoms with van der Waals surface area (Å²) in [7, 11) is 0. The number of nitrogens with zero attached hydrogens (tertiary/aromatic N) is 1. The number of aliphatic hydroxyl groups is 1. The summed E-state index contributed by atoms with van der Waals surface area (Å²) in [5, 5.41) is 11.4. The molecule has 5 rings (SSSR count). The summed E-state index contributed by atoms with van der Waals surface area (Å²) in [4.78, 5) is 28.2. The number of fused-ring (bicyclic) bond motifs is 1. The van der Waals surface area contributed by atoms with Crippen LogP contribution in [0.3, 0.4) is 0 Å². The topological polar surface area (TPSA) is 76.1 Å². The molecule has 0 radical (unpaired) electrons. The zero-order chi connectivity index (χ0) is 25.9. The number of carbonyl (C=O) groups excluding carboxylic acids is 2. The molecule has 2 aliphatic rings. The van der Waals surface area contributed by atoms with Gasteiger partial charge >= 0.3 is 0 Å². The maximum absolute atomic E-state index is 13.4. The molecule has 0 aromatic heterocycles. The molecule has 6 nitrogen and oxygen atoms in total. The molecule has 1 amide bonds. The molecule has 0 aliphatic carbocycles. The lowest BCUT2D eigenvalue weighted by Crippen LogP contribution is -2.31. The summed E-state index contributed by atoms with van der Waals surface area (Å²) in [6, 6.07) is 21.7. The van der Waals surface area contributed by atoms with Crippen molar-refractivity contribution in [1.82, 2.24) is 4.90 Å². The lowest BCUT2D eigenvalue weighted by Gasteiger charge is -2.26. The fourth-order valence-corrected chi connectivity index (χ4v) is 5.01. The van der Waals surface area contributed by atoms with Crippen molar-refractivity contribution in [2.45, 2.75) is 31.9 Å². The molecule has 37 heavy (non-hydrogen) atoms. The van der Waals surface area contributed by atoms with E-state index >= 15 is 0 Å². The van der Waals surface area contributed by atoms with Crippen molar-refractivity contribution in [3.05, 3.63) is 113 Å². The Morgan fingerprint density at radius 1 is 1.11 bits per heavy atom. The third kappa shape index (κ3) is 4.87.